The number of nitrogens with one attached hydrogen (secondary N) is 2. The first-order valence-electron chi connectivity index (χ1n) is 20.4. The van der Waals surface area contributed by atoms with E-state index in [1.54, 1.807) is 25.7 Å². The molecule has 1 unspecified atom stereocenters. The van der Waals surface area contributed by atoms with E-state index in [0.717, 1.165) is 44.9 Å². The van der Waals surface area contributed by atoms with Gasteiger partial charge >= 0.3 is 6.03 Å². The highest BCUT2D eigenvalue weighted by Gasteiger charge is 2.48. The predicted molar refractivity (Wildman–Crippen MR) is 211 cm³/mol. The van der Waals surface area contributed by atoms with Gasteiger partial charge in [0.1, 0.15) is 6.04 Å². The molecule has 3 rings (SSSR count). The number of carbonyl (C=O) groups excluding carboxylic acids is 5. The number of unbranched alkanes of at least 4 members (excludes halogenated alkanes) is 2. The highest BCUT2D eigenvalue weighted by molar-refractivity contribution is 7.92. The summed E-state index contributed by atoms with van der Waals surface area (Å²) in [6, 6.07) is -2.18. The smallest absolute Gasteiger partial charge is 0.315 e. The summed E-state index contributed by atoms with van der Waals surface area (Å²) in [6.07, 6.45) is 12.7. The number of allylic oxidation sites excluding steroid dienone is 1. The summed E-state index contributed by atoms with van der Waals surface area (Å²) in [6.45, 7) is 18.9. The molecule has 10 nitrogen and oxygen atoms in total. The lowest BCUT2D eigenvalue weighted by Gasteiger charge is -2.41. The molecular weight excluding hydrogens is 691 g/mol. The zero-order valence-corrected chi connectivity index (χ0v) is 35.0. The van der Waals surface area contributed by atoms with Crippen molar-refractivity contribution in [2.24, 2.45) is 29.1 Å². The van der Waals surface area contributed by atoms with Crippen LogP contribution in [0.5, 0.6) is 0 Å². The lowest BCUT2D eigenvalue weighted by molar-refractivity contribution is -0.142. The van der Waals surface area contributed by atoms with Crippen LogP contribution in [-0.4, -0.2) is 77.3 Å². The highest BCUT2D eigenvalue weighted by atomic mass is 32.2. The van der Waals surface area contributed by atoms with Crippen LogP contribution in [0.25, 0.3) is 0 Å². The first-order chi connectivity index (χ1) is 24.6. The Morgan fingerprint density at radius 3 is 2.09 bits per heavy atom. The summed E-state index contributed by atoms with van der Waals surface area (Å²) in [4.78, 5) is 70.0. The summed E-state index contributed by atoms with van der Waals surface area (Å²) in [7, 11) is -3.54. The van der Waals surface area contributed by atoms with Crippen molar-refractivity contribution in [2.45, 2.75) is 180 Å². The first kappa shape index (κ1) is 44.8. The Balaban J connectivity index is 1.74. The van der Waals surface area contributed by atoms with Crippen LogP contribution in [0, 0.1) is 29.1 Å². The Morgan fingerprint density at radius 1 is 0.906 bits per heavy atom. The Kier molecular flexibility index (Phi) is 15.9. The second-order valence-corrected chi connectivity index (χ2v) is 21.6. The molecular formula is C42H71N3O7S. The number of Topliss-reactive ketones (excluding diaryl/α,β-unsaturated/α-hetero) is 3. The highest BCUT2D eigenvalue weighted by Crippen LogP contribution is 2.39. The Bertz CT molecular complexity index is 1410. The van der Waals surface area contributed by atoms with Crippen LogP contribution in [0.15, 0.2) is 12.7 Å². The predicted octanol–water partition coefficient (Wildman–Crippen LogP) is 7.53. The molecule has 3 fully saturated rings. The van der Waals surface area contributed by atoms with Gasteiger partial charge in [-0.05, 0) is 102 Å². The number of ketones is 3. The molecule has 53 heavy (non-hydrogen) atoms. The number of nitrogens with zero attached hydrogens (tertiary/aromatic N) is 1. The van der Waals surface area contributed by atoms with Crippen molar-refractivity contribution in [1.82, 2.24) is 15.5 Å². The molecule has 0 aromatic carbocycles. The molecule has 2 N–H and O–H groups in total. The molecule has 0 spiro atoms. The third-order valence-corrected chi connectivity index (χ3v) is 14.7. The zero-order chi connectivity index (χ0) is 39.8. The van der Waals surface area contributed by atoms with E-state index in [1.165, 1.54) is 0 Å². The maximum Gasteiger partial charge on any atom is 0.315 e. The van der Waals surface area contributed by atoms with Crippen LogP contribution in [0.2, 0.25) is 0 Å². The Morgan fingerprint density at radius 2 is 1.55 bits per heavy atom. The van der Waals surface area contributed by atoms with Gasteiger partial charge < -0.3 is 15.5 Å². The van der Waals surface area contributed by atoms with Gasteiger partial charge in [-0.1, -0.05) is 72.8 Å². The normalized spacial score (nSPS) is 21.9. The fourth-order valence-electron chi connectivity index (χ4n) is 8.22. The molecule has 1 aliphatic heterocycles. The maximum absolute atomic E-state index is 14.5. The molecule has 2 aliphatic carbocycles. The van der Waals surface area contributed by atoms with E-state index in [9.17, 15) is 32.4 Å². The van der Waals surface area contributed by atoms with Crippen molar-refractivity contribution in [3.8, 4) is 0 Å². The van der Waals surface area contributed by atoms with Crippen molar-refractivity contribution in [3.63, 3.8) is 0 Å². The molecule has 3 amide bonds. The van der Waals surface area contributed by atoms with Gasteiger partial charge in [0, 0.05) is 25.3 Å². The lowest BCUT2D eigenvalue weighted by Crippen LogP contribution is -2.63. The number of urea groups is 1. The molecule has 1 saturated heterocycles. The Hall–Kier alpha value is -2.56. The second-order valence-electron chi connectivity index (χ2n) is 18.8. The number of hydrogen-bond donors (Lipinski definition) is 2. The Labute approximate surface area is 320 Å². The van der Waals surface area contributed by atoms with Crippen molar-refractivity contribution < 1.29 is 32.4 Å². The van der Waals surface area contributed by atoms with Crippen LogP contribution in [0.1, 0.15) is 158 Å². The average molecular weight is 762 g/mol. The van der Waals surface area contributed by atoms with Gasteiger partial charge in [0.2, 0.25) is 11.7 Å². The standard InChI is InChI=1S/C42H71N3O7S/c1-10-11-12-14-19-34(47)36(48)31(27-30-21-22-30)18-17-20-33(46)35-32(29(2)3)23-26-45(35)38(49)37(40(4,5)6)43-39(50)44-42(24-15-13-16-25-42)28-53(51,52)41(7,8)9/h10,29-32,35,37H,1,11-28H2,2-9H3,(H2,43,44,50)/t31?,32-,35+,37-/m1/s1. The number of carbonyl (C=O) groups is 5. The topological polar surface area (TPSA) is 147 Å². The molecule has 1 heterocycles. The van der Waals surface area contributed by atoms with E-state index in [0.29, 0.717) is 57.4 Å². The van der Waals surface area contributed by atoms with E-state index < -0.39 is 43.7 Å². The number of likely N-dealkylation sites (tertiary alicyclic amines) is 1. The first-order valence-corrected chi connectivity index (χ1v) is 22.1. The van der Waals surface area contributed by atoms with Crippen LogP contribution in [0.3, 0.4) is 0 Å². The van der Waals surface area contributed by atoms with E-state index >= 15 is 0 Å². The molecule has 4 atom stereocenters. The fraction of sp³-hybridized carbons (Fsp3) is 0.833. The minimum atomic E-state index is -3.54. The van der Waals surface area contributed by atoms with Crippen LogP contribution >= 0.6 is 0 Å². The lowest BCUT2D eigenvalue weighted by atomic mass is 9.82. The molecule has 0 aromatic rings. The minimum Gasteiger partial charge on any atom is -0.332 e. The van der Waals surface area contributed by atoms with Gasteiger partial charge in [0.25, 0.3) is 0 Å². The third-order valence-electron chi connectivity index (χ3n) is 11.9. The molecule has 0 radical (unpaired) electrons. The van der Waals surface area contributed by atoms with Crippen molar-refractivity contribution in [2.75, 3.05) is 12.3 Å². The summed E-state index contributed by atoms with van der Waals surface area (Å²) in [5.41, 5.74) is -1.63. The summed E-state index contributed by atoms with van der Waals surface area (Å²) in [5.74, 6) is -0.954. The van der Waals surface area contributed by atoms with Gasteiger partial charge in [0.15, 0.2) is 21.4 Å². The molecule has 11 heteroatoms. The fourth-order valence-corrected chi connectivity index (χ4v) is 9.74. The van der Waals surface area contributed by atoms with Crippen molar-refractivity contribution >= 4 is 39.1 Å². The van der Waals surface area contributed by atoms with Gasteiger partial charge in [-0.3, -0.25) is 19.2 Å². The molecule has 0 bridgehead atoms. The molecule has 3 aliphatic rings. The monoisotopic (exact) mass is 762 g/mol. The number of hydrogen-bond acceptors (Lipinski definition) is 7. The van der Waals surface area contributed by atoms with E-state index in [2.05, 4.69) is 31.1 Å². The van der Waals surface area contributed by atoms with Crippen molar-refractivity contribution in [1.29, 1.82) is 0 Å². The van der Waals surface area contributed by atoms with Crippen LogP contribution in [0.4, 0.5) is 4.79 Å². The van der Waals surface area contributed by atoms with E-state index in [-0.39, 0.29) is 59.6 Å². The number of rotatable bonds is 20. The van der Waals surface area contributed by atoms with Crippen LogP contribution < -0.4 is 10.6 Å². The van der Waals surface area contributed by atoms with E-state index in [1.807, 2.05) is 26.8 Å². The summed E-state index contributed by atoms with van der Waals surface area (Å²) >= 11 is 0. The SMILES string of the molecule is C=CCCCCC(=O)C(=O)C(CCCC(=O)[C@@H]1[C@@H](C(C)C)CCN1C(=O)[C@@H](NC(=O)NC1(CS(=O)(=O)C(C)(C)C)CCCCC1)C(C)(C)C)CC1CC1. The second kappa shape index (κ2) is 18.9. The van der Waals surface area contributed by atoms with Gasteiger partial charge in [-0.2, -0.15) is 0 Å². The average Bonchev–Trinajstić information content (AvgIpc) is 3.76. The zero-order valence-electron chi connectivity index (χ0n) is 34.2. The van der Waals surface area contributed by atoms with Crippen molar-refractivity contribution in [3.05, 3.63) is 12.7 Å². The molecule has 2 saturated carbocycles. The summed E-state index contributed by atoms with van der Waals surface area (Å²) in [5, 5.41) is 5.98. The maximum atomic E-state index is 14.5. The molecule has 0 aromatic heterocycles. The largest absolute Gasteiger partial charge is 0.332 e. The number of sulfone groups is 1. The minimum absolute atomic E-state index is 0.0463. The van der Waals surface area contributed by atoms with Gasteiger partial charge in [0.05, 0.1) is 22.1 Å². The van der Waals surface area contributed by atoms with Gasteiger partial charge in [-0.25, -0.2) is 13.2 Å². The van der Waals surface area contributed by atoms with Gasteiger partial charge in [-0.15, -0.1) is 6.58 Å². The van der Waals surface area contributed by atoms with E-state index in [4.69, 9.17) is 0 Å². The molecule has 302 valence electrons. The number of amides is 3. The third kappa shape index (κ3) is 12.7. The summed E-state index contributed by atoms with van der Waals surface area (Å²) < 4.78 is 25.7. The van der Waals surface area contributed by atoms with Crippen LogP contribution in [-0.2, 0) is 29.0 Å². The quantitative estimate of drug-likeness (QED) is 0.0741.